The molecule has 0 amide bonds. The lowest BCUT2D eigenvalue weighted by Gasteiger charge is -2.31. The zero-order chi connectivity index (χ0) is 15.4. The van der Waals surface area contributed by atoms with Gasteiger partial charge >= 0.3 is 0 Å². The van der Waals surface area contributed by atoms with Crippen molar-refractivity contribution < 1.29 is 9.84 Å². The molecule has 0 aliphatic carbocycles. The second-order valence-corrected chi connectivity index (χ2v) is 6.20. The molecule has 1 fully saturated rings. The van der Waals surface area contributed by atoms with Crippen LogP contribution in [0.25, 0.3) is 10.9 Å². The van der Waals surface area contributed by atoms with Gasteiger partial charge in [-0.2, -0.15) is 0 Å². The molecule has 0 unspecified atom stereocenters. The first-order valence-corrected chi connectivity index (χ1v) is 8.30. The molecule has 4 nitrogen and oxygen atoms in total. The van der Waals surface area contributed by atoms with E-state index in [1.165, 1.54) is 29.3 Å². The number of fused-ring (bicyclic) bond motifs is 1. The Bertz CT molecular complexity index is 600. The Morgan fingerprint density at radius 2 is 2.09 bits per heavy atom. The van der Waals surface area contributed by atoms with Crippen LogP contribution in [0.3, 0.4) is 0 Å². The van der Waals surface area contributed by atoms with E-state index < -0.39 is 0 Å². The van der Waals surface area contributed by atoms with Crippen molar-refractivity contribution in [3.8, 4) is 5.75 Å². The molecule has 120 valence electrons. The number of likely N-dealkylation sites (tertiary alicyclic amines) is 1. The highest BCUT2D eigenvalue weighted by Crippen LogP contribution is 2.34. The standard InChI is InChI=1S/C18H26N2O2/c1-22-15-4-5-18-16(12-15)17(13-19-18)14-6-9-20(10-7-14)8-2-3-11-21/h4-5,12-14,19,21H,2-3,6-11H2,1H3. The molecule has 22 heavy (non-hydrogen) atoms. The third-order valence-electron chi connectivity index (χ3n) is 4.83. The van der Waals surface area contributed by atoms with Gasteiger partial charge in [-0.15, -0.1) is 0 Å². The van der Waals surface area contributed by atoms with E-state index in [-0.39, 0.29) is 0 Å². The van der Waals surface area contributed by atoms with Crippen molar-refractivity contribution in [1.29, 1.82) is 0 Å². The number of unbranched alkanes of at least 4 members (excludes halogenated alkanes) is 1. The molecule has 2 aromatic rings. The topological polar surface area (TPSA) is 48.5 Å². The summed E-state index contributed by atoms with van der Waals surface area (Å²) in [6, 6.07) is 6.25. The third kappa shape index (κ3) is 3.28. The number of piperidine rings is 1. The van der Waals surface area contributed by atoms with Gasteiger partial charge < -0.3 is 19.7 Å². The molecule has 0 atom stereocenters. The van der Waals surface area contributed by atoms with Crippen LogP contribution in [-0.2, 0) is 0 Å². The molecule has 0 saturated carbocycles. The van der Waals surface area contributed by atoms with E-state index in [0.717, 1.165) is 38.2 Å². The molecule has 1 aromatic carbocycles. The minimum Gasteiger partial charge on any atom is -0.497 e. The number of benzene rings is 1. The fourth-order valence-corrected chi connectivity index (χ4v) is 3.50. The lowest BCUT2D eigenvalue weighted by atomic mass is 9.89. The van der Waals surface area contributed by atoms with Gasteiger partial charge in [0.05, 0.1) is 7.11 Å². The third-order valence-corrected chi connectivity index (χ3v) is 4.83. The molecule has 3 rings (SSSR count). The molecule has 4 heteroatoms. The zero-order valence-electron chi connectivity index (χ0n) is 13.3. The number of methoxy groups -OCH3 is 1. The summed E-state index contributed by atoms with van der Waals surface area (Å²) >= 11 is 0. The SMILES string of the molecule is COc1ccc2[nH]cc(C3CCN(CCCCO)CC3)c2c1. The predicted octanol–water partition coefficient (Wildman–Crippen LogP) is 3.13. The minimum atomic E-state index is 0.313. The van der Waals surface area contributed by atoms with Crippen LogP contribution in [0.1, 0.15) is 37.2 Å². The smallest absolute Gasteiger partial charge is 0.119 e. The summed E-state index contributed by atoms with van der Waals surface area (Å²) in [5, 5.41) is 10.2. The van der Waals surface area contributed by atoms with Crippen LogP contribution >= 0.6 is 0 Å². The number of aromatic amines is 1. The molecule has 1 aliphatic heterocycles. The summed E-state index contributed by atoms with van der Waals surface area (Å²) in [6.07, 6.45) is 6.62. The zero-order valence-corrected chi connectivity index (χ0v) is 13.3. The van der Waals surface area contributed by atoms with E-state index in [1.54, 1.807) is 7.11 Å². The van der Waals surface area contributed by atoms with Crippen molar-refractivity contribution >= 4 is 10.9 Å². The second kappa shape index (κ2) is 7.16. The van der Waals surface area contributed by atoms with Crippen molar-refractivity contribution in [2.45, 2.75) is 31.6 Å². The molecular weight excluding hydrogens is 276 g/mol. The van der Waals surface area contributed by atoms with Crippen LogP contribution in [0.4, 0.5) is 0 Å². The number of hydrogen-bond donors (Lipinski definition) is 2. The van der Waals surface area contributed by atoms with Gasteiger partial charge in [0.2, 0.25) is 0 Å². The summed E-state index contributed by atoms with van der Waals surface area (Å²) in [6.45, 7) is 3.75. The minimum absolute atomic E-state index is 0.313. The Morgan fingerprint density at radius 3 is 2.82 bits per heavy atom. The molecule has 1 aromatic heterocycles. The van der Waals surface area contributed by atoms with E-state index in [0.29, 0.717) is 12.5 Å². The molecular formula is C18H26N2O2. The van der Waals surface area contributed by atoms with Crippen molar-refractivity contribution in [2.75, 3.05) is 33.4 Å². The van der Waals surface area contributed by atoms with Crippen molar-refractivity contribution in [3.05, 3.63) is 30.0 Å². The van der Waals surface area contributed by atoms with Gasteiger partial charge in [0.1, 0.15) is 5.75 Å². The quantitative estimate of drug-likeness (QED) is 0.806. The monoisotopic (exact) mass is 302 g/mol. The number of H-pyrrole nitrogens is 1. The van der Waals surface area contributed by atoms with E-state index in [4.69, 9.17) is 9.84 Å². The Hall–Kier alpha value is -1.52. The number of rotatable bonds is 6. The number of nitrogens with zero attached hydrogens (tertiary/aromatic N) is 1. The lowest BCUT2D eigenvalue weighted by molar-refractivity contribution is 0.200. The van der Waals surface area contributed by atoms with Crippen molar-refractivity contribution in [3.63, 3.8) is 0 Å². The Labute approximate surface area is 132 Å². The summed E-state index contributed by atoms with van der Waals surface area (Å²) in [5.41, 5.74) is 2.63. The number of aromatic nitrogens is 1. The van der Waals surface area contributed by atoms with E-state index in [1.807, 2.05) is 6.07 Å². The number of ether oxygens (including phenoxy) is 1. The summed E-state index contributed by atoms with van der Waals surface area (Å²) in [5.74, 6) is 1.56. The van der Waals surface area contributed by atoms with Gasteiger partial charge in [-0.1, -0.05) is 0 Å². The Balaban J connectivity index is 1.66. The van der Waals surface area contributed by atoms with Gasteiger partial charge in [-0.25, -0.2) is 0 Å². The van der Waals surface area contributed by atoms with E-state index in [2.05, 4.69) is 28.2 Å². The van der Waals surface area contributed by atoms with Gasteiger partial charge in [-0.3, -0.25) is 0 Å². The maximum atomic E-state index is 8.87. The first-order chi connectivity index (χ1) is 10.8. The van der Waals surface area contributed by atoms with Crippen LogP contribution in [-0.4, -0.2) is 48.3 Å². The Kier molecular flexibility index (Phi) is 5.01. The van der Waals surface area contributed by atoms with Gasteiger partial charge in [0.25, 0.3) is 0 Å². The highest BCUT2D eigenvalue weighted by Gasteiger charge is 2.22. The number of aliphatic hydroxyl groups excluding tert-OH is 1. The number of nitrogens with one attached hydrogen (secondary N) is 1. The summed E-state index contributed by atoms with van der Waals surface area (Å²) in [4.78, 5) is 5.92. The number of hydrogen-bond acceptors (Lipinski definition) is 3. The maximum Gasteiger partial charge on any atom is 0.119 e. The fourth-order valence-electron chi connectivity index (χ4n) is 3.50. The van der Waals surface area contributed by atoms with Crippen LogP contribution < -0.4 is 4.74 Å². The highest BCUT2D eigenvalue weighted by molar-refractivity contribution is 5.85. The van der Waals surface area contributed by atoms with Gasteiger partial charge in [0, 0.05) is 23.7 Å². The first-order valence-electron chi connectivity index (χ1n) is 8.30. The van der Waals surface area contributed by atoms with Crippen LogP contribution in [0.15, 0.2) is 24.4 Å². The molecule has 0 spiro atoms. The van der Waals surface area contributed by atoms with Gasteiger partial charge in [-0.05, 0) is 75.0 Å². The fraction of sp³-hybridized carbons (Fsp3) is 0.556. The molecule has 0 bridgehead atoms. The van der Waals surface area contributed by atoms with E-state index in [9.17, 15) is 0 Å². The molecule has 2 N–H and O–H groups in total. The van der Waals surface area contributed by atoms with Crippen LogP contribution in [0, 0.1) is 0 Å². The normalized spacial score (nSPS) is 17.2. The average molecular weight is 302 g/mol. The summed E-state index contributed by atoms with van der Waals surface area (Å²) < 4.78 is 5.36. The lowest BCUT2D eigenvalue weighted by Crippen LogP contribution is -2.33. The highest BCUT2D eigenvalue weighted by atomic mass is 16.5. The first kappa shape index (κ1) is 15.4. The second-order valence-electron chi connectivity index (χ2n) is 6.20. The number of aliphatic hydroxyl groups is 1. The van der Waals surface area contributed by atoms with Crippen LogP contribution in [0.5, 0.6) is 5.75 Å². The van der Waals surface area contributed by atoms with Crippen molar-refractivity contribution in [2.24, 2.45) is 0 Å². The maximum absolute atomic E-state index is 8.87. The van der Waals surface area contributed by atoms with Gasteiger partial charge in [0.15, 0.2) is 0 Å². The van der Waals surface area contributed by atoms with E-state index >= 15 is 0 Å². The van der Waals surface area contributed by atoms with Crippen LogP contribution in [0.2, 0.25) is 0 Å². The largest absolute Gasteiger partial charge is 0.497 e. The summed E-state index contributed by atoms with van der Waals surface area (Å²) in [7, 11) is 1.72. The Morgan fingerprint density at radius 1 is 1.27 bits per heavy atom. The average Bonchev–Trinajstić information content (AvgIpc) is 2.98. The van der Waals surface area contributed by atoms with Crippen molar-refractivity contribution in [1.82, 2.24) is 9.88 Å². The predicted molar refractivity (Wildman–Crippen MR) is 89.6 cm³/mol. The molecule has 2 heterocycles. The molecule has 1 saturated heterocycles. The molecule has 0 radical (unpaired) electrons. The molecule has 1 aliphatic rings.